The van der Waals surface area contributed by atoms with Crippen molar-refractivity contribution in [2.75, 3.05) is 20.8 Å². The highest BCUT2D eigenvalue weighted by Gasteiger charge is 2.17. The van der Waals surface area contributed by atoms with Gasteiger partial charge >= 0.3 is 5.97 Å². The average molecular weight is 231 g/mol. The van der Waals surface area contributed by atoms with Gasteiger partial charge in [0.1, 0.15) is 0 Å². The molecule has 0 aliphatic rings. The van der Waals surface area contributed by atoms with E-state index >= 15 is 0 Å². The van der Waals surface area contributed by atoms with E-state index in [0.717, 1.165) is 12.8 Å². The van der Waals surface area contributed by atoms with Crippen molar-refractivity contribution in [2.24, 2.45) is 0 Å². The lowest BCUT2D eigenvalue weighted by Gasteiger charge is -2.13. The third-order valence-corrected chi connectivity index (χ3v) is 2.22. The first-order valence-corrected chi connectivity index (χ1v) is 5.50. The van der Waals surface area contributed by atoms with E-state index in [4.69, 9.17) is 4.74 Å². The van der Waals surface area contributed by atoms with Gasteiger partial charge in [-0.1, -0.05) is 13.3 Å². The molecular weight excluding hydrogens is 210 g/mol. The van der Waals surface area contributed by atoms with Crippen LogP contribution < -0.4 is 5.32 Å². The largest absolute Gasteiger partial charge is 0.469 e. The summed E-state index contributed by atoms with van der Waals surface area (Å²) in [4.78, 5) is 22.4. The number of rotatable bonds is 8. The Bertz CT molecular complexity index is 218. The lowest BCUT2D eigenvalue weighted by molar-refractivity contribution is -0.143. The first-order valence-electron chi connectivity index (χ1n) is 5.50. The zero-order valence-corrected chi connectivity index (χ0v) is 10.2. The van der Waals surface area contributed by atoms with E-state index in [0.29, 0.717) is 6.54 Å². The molecule has 0 aromatic carbocycles. The molecule has 0 radical (unpaired) electrons. The summed E-state index contributed by atoms with van der Waals surface area (Å²) in [7, 11) is 2.79. The van der Waals surface area contributed by atoms with Crippen LogP contribution in [0.4, 0.5) is 0 Å². The van der Waals surface area contributed by atoms with Crippen LogP contribution in [0.5, 0.6) is 0 Å². The van der Waals surface area contributed by atoms with Crippen LogP contribution in [0.3, 0.4) is 0 Å². The Kier molecular flexibility index (Phi) is 8.52. The van der Waals surface area contributed by atoms with E-state index in [1.54, 1.807) is 0 Å². The van der Waals surface area contributed by atoms with Crippen LogP contribution in [0.2, 0.25) is 0 Å². The van der Waals surface area contributed by atoms with Gasteiger partial charge in [-0.25, -0.2) is 0 Å². The molecule has 0 heterocycles. The number of amides is 1. The van der Waals surface area contributed by atoms with Crippen molar-refractivity contribution in [3.05, 3.63) is 0 Å². The maximum Gasteiger partial charge on any atom is 0.308 e. The van der Waals surface area contributed by atoms with E-state index in [-0.39, 0.29) is 24.7 Å². The summed E-state index contributed by atoms with van der Waals surface area (Å²) in [5.41, 5.74) is 0. The minimum Gasteiger partial charge on any atom is -0.469 e. The normalized spacial score (nSPS) is 11.9. The number of nitrogens with one attached hydrogen (secondary N) is 1. The summed E-state index contributed by atoms with van der Waals surface area (Å²) in [6, 6.07) is 0. The number of hydrogen-bond acceptors (Lipinski definition) is 4. The minimum absolute atomic E-state index is 0.0933. The van der Waals surface area contributed by atoms with Crippen molar-refractivity contribution in [1.29, 1.82) is 0 Å². The molecule has 0 rings (SSSR count). The van der Waals surface area contributed by atoms with Gasteiger partial charge in [-0.2, -0.15) is 0 Å². The third kappa shape index (κ3) is 7.23. The van der Waals surface area contributed by atoms with Crippen LogP contribution >= 0.6 is 0 Å². The molecule has 0 unspecified atom stereocenters. The highest BCUT2D eigenvalue weighted by Crippen LogP contribution is 2.04. The van der Waals surface area contributed by atoms with Gasteiger partial charge in [0.15, 0.2) is 0 Å². The number of carbonyl (C=O) groups excluding carboxylic acids is 2. The van der Waals surface area contributed by atoms with Crippen LogP contribution in [0.25, 0.3) is 0 Å². The van der Waals surface area contributed by atoms with Gasteiger partial charge in [-0.05, 0) is 6.42 Å². The number of carbonyl (C=O) groups is 2. The SMILES string of the molecule is CCCCNC(=O)C[C@@H](CC(=O)OC)OC. The summed E-state index contributed by atoms with van der Waals surface area (Å²) in [5, 5.41) is 2.77. The summed E-state index contributed by atoms with van der Waals surface area (Å²) < 4.78 is 9.55. The zero-order chi connectivity index (χ0) is 12.4. The van der Waals surface area contributed by atoms with E-state index in [9.17, 15) is 9.59 Å². The van der Waals surface area contributed by atoms with Crippen molar-refractivity contribution < 1.29 is 19.1 Å². The van der Waals surface area contributed by atoms with E-state index in [2.05, 4.69) is 17.0 Å². The molecule has 0 spiro atoms. The number of esters is 1. The maximum atomic E-state index is 11.4. The predicted octanol–water partition coefficient (Wildman–Crippen LogP) is 0.871. The minimum atomic E-state index is -0.408. The van der Waals surface area contributed by atoms with Crippen molar-refractivity contribution in [2.45, 2.75) is 38.7 Å². The first-order chi connectivity index (χ1) is 7.63. The molecule has 0 aromatic rings. The summed E-state index contributed by atoms with van der Waals surface area (Å²) >= 11 is 0. The molecule has 0 saturated heterocycles. The fourth-order valence-electron chi connectivity index (χ4n) is 1.19. The van der Waals surface area contributed by atoms with Crippen molar-refractivity contribution in [3.63, 3.8) is 0 Å². The second-order valence-corrected chi connectivity index (χ2v) is 3.55. The number of unbranched alkanes of at least 4 members (excludes halogenated alkanes) is 1. The molecule has 1 amide bonds. The molecule has 5 heteroatoms. The molecule has 94 valence electrons. The zero-order valence-electron chi connectivity index (χ0n) is 10.2. The fourth-order valence-corrected chi connectivity index (χ4v) is 1.19. The van der Waals surface area contributed by atoms with Crippen molar-refractivity contribution in [3.8, 4) is 0 Å². The lowest BCUT2D eigenvalue weighted by Crippen LogP contribution is -2.30. The Morgan fingerprint density at radius 1 is 1.25 bits per heavy atom. The van der Waals surface area contributed by atoms with Gasteiger partial charge in [-0.3, -0.25) is 9.59 Å². The highest BCUT2D eigenvalue weighted by atomic mass is 16.5. The van der Waals surface area contributed by atoms with Crippen LogP contribution in [-0.2, 0) is 19.1 Å². The number of methoxy groups -OCH3 is 2. The van der Waals surface area contributed by atoms with Crippen LogP contribution in [0, 0.1) is 0 Å². The van der Waals surface area contributed by atoms with E-state index < -0.39 is 6.10 Å². The summed E-state index contributed by atoms with van der Waals surface area (Å²) in [6.45, 7) is 2.73. The Hall–Kier alpha value is -1.10. The van der Waals surface area contributed by atoms with Gasteiger partial charge in [0.25, 0.3) is 0 Å². The molecule has 0 aliphatic carbocycles. The van der Waals surface area contributed by atoms with Crippen LogP contribution in [0.15, 0.2) is 0 Å². The smallest absolute Gasteiger partial charge is 0.308 e. The summed E-state index contributed by atoms with van der Waals surface area (Å²) in [5.74, 6) is -0.461. The van der Waals surface area contributed by atoms with Crippen molar-refractivity contribution in [1.82, 2.24) is 5.32 Å². The lowest BCUT2D eigenvalue weighted by atomic mass is 10.1. The molecule has 1 N–H and O–H groups in total. The van der Waals surface area contributed by atoms with Gasteiger partial charge in [-0.15, -0.1) is 0 Å². The molecule has 5 nitrogen and oxygen atoms in total. The molecular formula is C11H21NO4. The first kappa shape index (κ1) is 14.9. The van der Waals surface area contributed by atoms with Gasteiger partial charge in [0.05, 0.1) is 26.1 Å². The maximum absolute atomic E-state index is 11.4. The molecule has 0 saturated carbocycles. The summed E-state index contributed by atoms with van der Waals surface area (Å²) in [6.07, 6.45) is 1.88. The fraction of sp³-hybridized carbons (Fsp3) is 0.818. The second-order valence-electron chi connectivity index (χ2n) is 3.55. The monoisotopic (exact) mass is 231 g/mol. The van der Waals surface area contributed by atoms with Crippen LogP contribution in [0.1, 0.15) is 32.6 Å². The van der Waals surface area contributed by atoms with Gasteiger partial charge in [0.2, 0.25) is 5.91 Å². The molecule has 0 bridgehead atoms. The Morgan fingerprint density at radius 3 is 2.44 bits per heavy atom. The average Bonchev–Trinajstić information content (AvgIpc) is 2.28. The van der Waals surface area contributed by atoms with E-state index in [1.165, 1.54) is 14.2 Å². The predicted molar refractivity (Wildman–Crippen MR) is 60.0 cm³/mol. The number of ether oxygens (including phenoxy) is 2. The topological polar surface area (TPSA) is 64.6 Å². The van der Waals surface area contributed by atoms with Crippen LogP contribution in [-0.4, -0.2) is 38.7 Å². The number of hydrogen-bond donors (Lipinski definition) is 1. The standard InChI is InChI=1S/C11H21NO4/c1-4-5-6-12-10(13)7-9(15-2)8-11(14)16-3/h9H,4-8H2,1-3H3,(H,12,13)/t9-/m0/s1. The molecule has 16 heavy (non-hydrogen) atoms. The quantitative estimate of drug-likeness (QED) is 0.497. The Morgan fingerprint density at radius 2 is 1.94 bits per heavy atom. The molecule has 0 aromatic heterocycles. The Labute approximate surface area is 96.5 Å². The highest BCUT2D eigenvalue weighted by molar-refractivity contribution is 5.77. The van der Waals surface area contributed by atoms with Gasteiger partial charge < -0.3 is 14.8 Å². The third-order valence-electron chi connectivity index (χ3n) is 2.22. The second kappa shape index (κ2) is 9.15. The molecule has 1 atom stereocenters. The molecule has 0 fully saturated rings. The Balaban J connectivity index is 3.83. The van der Waals surface area contributed by atoms with E-state index in [1.807, 2.05) is 0 Å². The van der Waals surface area contributed by atoms with Gasteiger partial charge in [0, 0.05) is 13.7 Å². The molecule has 0 aliphatic heterocycles. The van der Waals surface area contributed by atoms with Crippen molar-refractivity contribution >= 4 is 11.9 Å².